The first-order valence-corrected chi connectivity index (χ1v) is 11.3. The first-order chi connectivity index (χ1) is 16.1. The van der Waals surface area contributed by atoms with Gasteiger partial charge in [-0.25, -0.2) is 14.5 Å². The Kier molecular flexibility index (Phi) is 6.10. The Bertz CT molecular complexity index is 1140. The van der Waals surface area contributed by atoms with Gasteiger partial charge in [0.1, 0.15) is 11.8 Å². The number of hydrogen-bond acceptors (Lipinski definition) is 8. The average molecular weight is 453 g/mol. The lowest BCUT2D eigenvalue weighted by Gasteiger charge is -2.30. The van der Waals surface area contributed by atoms with E-state index in [9.17, 15) is 4.79 Å². The second-order valence-electron chi connectivity index (χ2n) is 8.50. The van der Waals surface area contributed by atoms with Crippen molar-refractivity contribution in [1.82, 2.24) is 24.9 Å². The molecule has 0 aromatic carbocycles. The van der Waals surface area contributed by atoms with Gasteiger partial charge in [0.2, 0.25) is 5.88 Å². The first kappa shape index (κ1) is 21.6. The Hall–Kier alpha value is -3.24. The number of nitrogens with one attached hydrogen (secondary N) is 1. The predicted molar refractivity (Wildman–Crippen MR) is 121 cm³/mol. The maximum atomic E-state index is 13.3. The highest BCUT2D eigenvalue weighted by Gasteiger charge is 2.28. The van der Waals surface area contributed by atoms with E-state index in [4.69, 9.17) is 19.9 Å². The standard InChI is InChI=1S/C23H28N6O4/c1-31-20-10-14(6-8-25-20)19-11-18(21-22(24)26-13-27-29(19)21)23(30)28-15-2-4-16(5-3-15)33-17-7-9-32-12-17/h6,8,10-11,13,15-17H,2-5,7,9,12H2,1H3,(H,28,30)(H2,24,26,27)/t15-,16-,17?. The summed E-state index contributed by atoms with van der Waals surface area (Å²) in [4.78, 5) is 21.5. The van der Waals surface area contributed by atoms with Crippen LogP contribution < -0.4 is 15.8 Å². The number of aromatic nitrogens is 4. The number of ether oxygens (including phenoxy) is 3. The highest BCUT2D eigenvalue weighted by atomic mass is 16.5. The van der Waals surface area contributed by atoms with Crippen LogP contribution in [0.3, 0.4) is 0 Å². The van der Waals surface area contributed by atoms with Gasteiger partial charge in [-0.3, -0.25) is 4.79 Å². The average Bonchev–Trinajstić information content (AvgIpc) is 3.49. The predicted octanol–water partition coefficient (Wildman–Crippen LogP) is 2.23. The highest BCUT2D eigenvalue weighted by molar-refractivity contribution is 6.05. The van der Waals surface area contributed by atoms with Crippen LogP contribution in [-0.4, -0.2) is 64.1 Å². The minimum Gasteiger partial charge on any atom is -0.481 e. The monoisotopic (exact) mass is 452 g/mol. The van der Waals surface area contributed by atoms with E-state index in [1.165, 1.54) is 6.33 Å². The van der Waals surface area contributed by atoms with Gasteiger partial charge in [0.25, 0.3) is 5.91 Å². The van der Waals surface area contributed by atoms with Crippen molar-refractivity contribution in [3.05, 3.63) is 36.3 Å². The van der Waals surface area contributed by atoms with Crippen molar-refractivity contribution in [1.29, 1.82) is 0 Å². The van der Waals surface area contributed by atoms with E-state index in [2.05, 4.69) is 20.4 Å². The molecule has 0 bridgehead atoms. The Morgan fingerprint density at radius 2 is 2.03 bits per heavy atom. The first-order valence-electron chi connectivity index (χ1n) is 11.3. The van der Waals surface area contributed by atoms with Crippen LogP contribution in [0.15, 0.2) is 30.7 Å². The van der Waals surface area contributed by atoms with Gasteiger partial charge in [0.05, 0.1) is 37.2 Å². The van der Waals surface area contributed by atoms with Crippen LogP contribution in [-0.2, 0) is 9.47 Å². The van der Waals surface area contributed by atoms with Crippen molar-refractivity contribution >= 4 is 17.2 Å². The number of nitrogens with zero attached hydrogens (tertiary/aromatic N) is 4. The smallest absolute Gasteiger partial charge is 0.253 e. The van der Waals surface area contributed by atoms with E-state index in [-0.39, 0.29) is 30.0 Å². The summed E-state index contributed by atoms with van der Waals surface area (Å²) in [7, 11) is 1.56. The molecule has 2 aliphatic rings. The summed E-state index contributed by atoms with van der Waals surface area (Å²) < 4.78 is 18.4. The van der Waals surface area contributed by atoms with Crippen LogP contribution in [0, 0.1) is 0 Å². The number of anilines is 1. The molecule has 1 saturated heterocycles. The summed E-state index contributed by atoms with van der Waals surface area (Å²) in [5, 5.41) is 7.52. The van der Waals surface area contributed by atoms with Crippen LogP contribution in [0.5, 0.6) is 5.88 Å². The van der Waals surface area contributed by atoms with Gasteiger partial charge in [0.15, 0.2) is 5.82 Å². The third-order valence-electron chi connectivity index (χ3n) is 6.35. The molecule has 3 aromatic rings. The van der Waals surface area contributed by atoms with Crippen LogP contribution in [0.2, 0.25) is 0 Å². The molecular formula is C23H28N6O4. The zero-order valence-corrected chi connectivity index (χ0v) is 18.6. The number of fused-ring (bicyclic) bond motifs is 1. The number of methoxy groups -OCH3 is 1. The van der Waals surface area contributed by atoms with E-state index >= 15 is 0 Å². The molecule has 5 rings (SSSR count). The lowest BCUT2D eigenvalue weighted by atomic mass is 9.92. The molecule has 4 heterocycles. The molecule has 3 aromatic heterocycles. The molecule has 1 saturated carbocycles. The largest absolute Gasteiger partial charge is 0.481 e. The van der Waals surface area contributed by atoms with Gasteiger partial charge < -0.3 is 25.3 Å². The minimum atomic E-state index is -0.185. The summed E-state index contributed by atoms with van der Waals surface area (Å²) in [6.45, 7) is 1.47. The van der Waals surface area contributed by atoms with Gasteiger partial charge in [-0.1, -0.05) is 0 Å². The lowest BCUT2D eigenvalue weighted by molar-refractivity contribution is -0.0351. The number of carbonyl (C=O) groups excluding carboxylic acids is 1. The molecule has 1 unspecified atom stereocenters. The zero-order valence-electron chi connectivity index (χ0n) is 18.6. The fraction of sp³-hybridized carbons (Fsp3) is 0.478. The Labute approximate surface area is 191 Å². The minimum absolute atomic E-state index is 0.0856. The lowest BCUT2D eigenvalue weighted by Crippen LogP contribution is -2.39. The van der Waals surface area contributed by atoms with E-state index in [1.54, 1.807) is 30.0 Å². The van der Waals surface area contributed by atoms with Crippen molar-refractivity contribution in [2.75, 3.05) is 26.1 Å². The van der Waals surface area contributed by atoms with Crippen molar-refractivity contribution in [3.8, 4) is 17.1 Å². The highest BCUT2D eigenvalue weighted by Crippen LogP contribution is 2.30. The van der Waals surface area contributed by atoms with E-state index in [0.29, 0.717) is 29.3 Å². The molecule has 1 aliphatic heterocycles. The van der Waals surface area contributed by atoms with Crippen LogP contribution in [0.25, 0.3) is 16.8 Å². The summed E-state index contributed by atoms with van der Waals surface area (Å²) in [6, 6.07) is 5.50. The van der Waals surface area contributed by atoms with Crippen molar-refractivity contribution in [2.45, 2.75) is 50.4 Å². The summed E-state index contributed by atoms with van der Waals surface area (Å²) in [6.07, 6.45) is 8.02. The Morgan fingerprint density at radius 1 is 1.18 bits per heavy atom. The van der Waals surface area contributed by atoms with Gasteiger partial charge in [-0.05, 0) is 44.2 Å². The van der Waals surface area contributed by atoms with Crippen molar-refractivity contribution in [2.24, 2.45) is 0 Å². The van der Waals surface area contributed by atoms with Gasteiger partial charge in [0, 0.05) is 30.5 Å². The molecule has 10 nitrogen and oxygen atoms in total. The number of pyridine rings is 1. The molecule has 0 spiro atoms. The normalized spacial score (nSPS) is 23.0. The summed E-state index contributed by atoms with van der Waals surface area (Å²) >= 11 is 0. The quantitative estimate of drug-likeness (QED) is 0.583. The topological polar surface area (TPSA) is 126 Å². The third-order valence-corrected chi connectivity index (χ3v) is 6.35. The van der Waals surface area contributed by atoms with E-state index < -0.39 is 0 Å². The van der Waals surface area contributed by atoms with E-state index in [1.807, 2.05) is 6.07 Å². The molecule has 33 heavy (non-hydrogen) atoms. The number of nitrogen functional groups attached to an aromatic ring is 1. The maximum absolute atomic E-state index is 13.3. The van der Waals surface area contributed by atoms with Crippen molar-refractivity contribution < 1.29 is 19.0 Å². The molecule has 174 valence electrons. The maximum Gasteiger partial charge on any atom is 0.253 e. The molecule has 2 fully saturated rings. The number of hydrogen-bond donors (Lipinski definition) is 2. The Morgan fingerprint density at radius 3 is 2.79 bits per heavy atom. The molecule has 3 N–H and O–H groups in total. The van der Waals surface area contributed by atoms with Gasteiger partial charge >= 0.3 is 0 Å². The molecule has 0 radical (unpaired) electrons. The van der Waals surface area contributed by atoms with Gasteiger partial charge in [-0.2, -0.15) is 5.10 Å². The molecule has 10 heteroatoms. The van der Waals surface area contributed by atoms with Gasteiger partial charge in [-0.15, -0.1) is 0 Å². The third kappa shape index (κ3) is 4.49. The second-order valence-corrected chi connectivity index (χ2v) is 8.50. The fourth-order valence-electron chi connectivity index (χ4n) is 4.63. The number of carbonyl (C=O) groups is 1. The van der Waals surface area contributed by atoms with Crippen LogP contribution >= 0.6 is 0 Å². The molecule has 1 aliphatic carbocycles. The SMILES string of the molecule is COc1cc(-c2cc(C(=O)N[C@H]3CC[C@H](OC4CCOC4)CC3)c3c(N)ncnn23)ccn1. The number of rotatable bonds is 6. The molecule has 1 atom stereocenters. The molecular weight excluding hydrogens is 424 g/mol. The Balaban J connectivity index is 1.33. The fourth-order valence-corrected chi connectivity index (χ4v) is 4.63. The van der Waals surface area contributed by atoms with E-state index in [0.717, 1.165) is 44.3 Å². The summed E-state index contributed by atoms with van der Waals surface area (Å²) in [5.41, 5.74) is 8.60. The number of nitrogens with two attached hydrogens (primary N) is 1. The molecule has 1 amide bonds. The van der Waals surface area contributed by atoms with Crippen molar-refractivity contribution in [3.63, 3.8) is 0 Å². The van der Waals surface area contributed by atoms with Crippen LogP contribution in [0.1, 0.15) is 42.5 Å². The zero-order chi connectivity index (χ0) is 22.8. The van der Waals surface area contributed by atoms with Crippen LogP contribution in [0.4, 0.5) is 5.82 Å². The number of amides is 1. The second kappa shape index (κ2) is 9.32. The summed E-state index contributed by atoms with van der Waals surface area (Å²) in [5.74, 6) is 0.534.